The molecule has 3 rings (SSSR count). The van der Waals surface area contributed by atoms with Crippen molar-refractivity contribution in [3.63, 3.8) is 0 Å². The number of carbonyl (C=O) groups excluding carboxylic acids is 1. The maximum Gasteiger partial charge on any atom is 0.331 e. The Labute approximate surface area is 144 Å². The Kier molecular flexibility index (Phi) is 5.01. The van der Waals surface area contributed by atoms with E-state index >= 15 is 0 Å². The van der Waals surface area contributed by atoms with Crippen LogP contribution >= 0.6 is 11.6 Å². The second kappa shape index (κ2) is 7.36. The van der Waals surface area contributed by atoms with Crippen molar-refractivity contribution >= 4 is 23.6 Å². The van der Waals surface area contributed by atoms with E-state index in [4.69, 9.17) is 25.8 Å². The number of pyridine rings is 1. The molecular weight excluding hydrogens is 330 g/mol. The molecule has 0 spiro atoms. The third kappa shape index (κ3) is 3.86. The van der Waals surface area contributed by atoms with Crippen LogP contribution in [0.5, 0.6) is 11.5 Å². The van der Waals surface area contributed by atoms with Gasteiger partial charge in [0.15, 0.2) is 11.5 Å². The predicted molar refractivity (Wildman–Crippen MR) is 90.2 cm³/mol. The number of benzene rings is 1. The predicted octanol–water partition coefficient (Wildman–Crippen LogP) is 3.57. The molecule has 0 fully saturated rings. The zero-order valence-corrected chi connectivity index (χ0v) is 13.9. The van der Waals surface area contributed by atoms with Gasteiger partial charge >= 0.3 is 5.97 Å². The summed E-state index contributed by atoms with van der Waals surface area (Å²) in [6.07, 6.45) is 6.46. The van der Waals surface area contributed by atoms with Crippen LogP contribution in [-0.4, -0.2) is 24.2 Å². The van der Waals surface area contributed by atoms with Gasteiger partial charge in [0.2, 0.25) is 0 Å². The summed E-state index contributed by atoms with van der Waals surface area (Å²) in [6, 6.07) is 5.35. The molecule has 0 bridgehead atoms. The highest BCUT2D eigenvalue weighted by Crippen LogP contribution is 2.38. The number of halogens is 1. The van der Waals surface area contributed by atoms with E-state index in [9.17, 15) is 4.79 Å². The maximum absolute atomic E-state index is 11.9. The Morgan fingerprint density at radius 3 is 3.04 bits per heavy atom. The Bertz CT molecular complexity index is 789. The summed E-state index contributed by atoms with van der Waals surface area (Å²) in [4.78, 5) is 15.9. The lowest BCUT2D eigenvalue weighted by molar-refractivity contribution is -0.138. The number of hydrogen-bond acceptors (Lipinski definition) is 5. The summed E-state index contributed by atoms with van der Waals surface area (Å²) >= 11 is 6.15. The standard InChI is InChI=1S/C18H16ClNO4/c1-12-4-5-20-10-14(12)2-3-17(21)24-11-13-8-15(19)18-16(9-13)22-6-7-23-18/h2-5,8-10H,6-7,11H2,1H3/b3-2+. The second-order valence-electron chi connectivity index (χ2n) is 5.28. The number of rotatable bonds is 4. The minimum absolute atomic E-state index is 0.103. The van der Waals surface area contributed by atoms with Crippen LogP contribution in [0.3, 0.4) is 0 Å². The average molecular weight is 346 g/mol. The van der Waals surface area contributed by atoms with Crippen LogP contribution in [0, 0.1) is 6.92 Å². The van der Waals surface area contributed by atoms with Gasteiger partial charge in [0.25, 0.3) is 0 Å². The summed E-state index contributed by atoms with van der Waals surface area (Å²) in [7, 11) is 0. The van der Waals surface area contributed by atoms with E-state index in [0.717, 1.165) is 16.7 Å². The molecule has 1 aromatic carbocycles. The van der Waals surface area contributed by atoms with E-state index in [0.29, 0.717) is 29.7 Å². The molecule has 5 nitrogen and oxygen atoms in total. The Morgan fingerprint density at radius 1 is 1.38 bits per heavy atom. The summed E-state index contributed by atoms with van der Waals surface area (Å²) in [5.74, 6) is 0.663. The first-order valence-electron chi connectivity index (χ1n) is 7.47. The van der Waals surface area contributed by atoms with E-state index < -0.39 is 5.97 Å². The highest BCUT2D eigenvalue weighted by Gasteiger charge is 2.17. The summed E-state index contributed by atoms with van der Waals surface area (Å²) in [6.45, 7) is 2.99. The second-order valence-corrected chi connectivity index (χ2v) is 5.68. The summed E-state index contributed by atoms with van der Waals surface area (Å²) in [5, 5.41) is 0.444. The molecule has 0 aliphatic carbocycles. The number of esters is 1. The number of aryl methyl sites for hydroxylation is 1. The third-order valence-corrected chi connectivity index (χ3v) is 3.80. The number of nitrogens with zero attached hydrogens (tertiary/aromatic N) is 1. The molecule has 0 atom stereocenters. The van der Waals surface area contributed by atoms with E-state index in [1.54, 1.807) is 30.6 Å². The van der Waals surface area contributed by atoms with Crippen LogP contribution < -0.4 is 9.47 Å². The smallest absolute Gasteiger partial charge is 0.331 e. The molecule has 1 aliphatic heterocycles. The van der Waals surface area contributed by atoms with Crippen molar-refractivity contribution in [3.8, 4) is 11.5 Å². The van der Waals surface area contributed by atoms with Crippen molar-refractivity contribution in [1.82, 2.24) is 4.98 Å². The van der Waals surface area contributed by atoms with Crippen LogP contribution in [0.25, 0.3) is 6.08 Å². The van der Waals surface area contributed by atoms with Crippen LogP contribution in [0.4, 0.5) is 0 Å². The fourth-order valence-electron chi connectivity index (χ4n) is 2.26. The molecule has 0 N–H and O–H groups in total. The van der Waals surface area contributed by atoms with E-state index in [1.165, 1.54) is 6.08 Å². The van der Waals surface area contributed by atoms with Gasteiger partial charge in [-0.05, 0) is 47.9 Å². The number of carbonyl (C=O) groups is 1. The van der Waals surface area contributed by atoms with Crippen molar-refractivity contribution in [1.29, 1.82) is 0 Å². The maximum atomic E-state index is 11.9. The fraction of sp³-hybridized carbons (Fsp3) is 0.222. The van der Waals surface area contributed by atoms with Crippen molar-refractivity contribution in [2.24, 2.45) is 0 Å². The highest BCUT2D eigenvalue weighted by atomic mass is 35.5. The largest absolute Gasteiger partial charge is 0.486 e. The number of ether oxygens (including phenoxy) is 3. The van der Waals surface area contributed by atoms with Crippen LogP contribution in [-0.2, 0) is 16.1 Å². The highest BCUT2D eigenvalue weighted by molar-refractivity contribution is 6.32. The molecule has 2 heterocycles. The van der Waals surface area contributed by atoms with Gasteiger partial charge in [-0.3, -0.25) is 4.98 Å². The third-order valence-electron chi connectivity index (χ3n) is 3.52. The topological polar surface area (TPSA) is 57.7 Å². The summed E-state index contributed by atoms with van der Waals surface area (Å²) in [5.41, 5.74) is 2.65. The first kappa shape index (κ1) is 16.3. The molecule has 24 heavy (non-hydrogen) atoms. The van der Waals surface area contributed by atoms with Gasteiger partial charge in [-0.25, -0.2) is 4.79 Å². The molecule has 0 saturated carbocycles. The summed E-state index contributed by atoms with van der Waals surface area (Å²) < 4.78 is 16.2. The van der Waals surface area contributed by atoms with Gasteiger partial charge in [0, 0.05) is 18.5 Å². The van der Waals surface area contributed by atoms with Gasteiger partial charge in [0.05, 0.1) is 5.02 Å². The zero-order chi connectivity index (χ0) is 16.9. The SMILES string of the molecule is Cc1ccncc1/C=C/C(=O)OCc1cc(Cl)c2c(c1)OCCO2. The van der Waals surface area contributed by atoms with Gasteiger partial charge in [0.1, 0.15) is 19.8 Å². The molecule has 6 heteroatoms. The molecular formula is C18H16ClNO4. The number of aromatic nitrogens is 1. The molecule has 2 aromatic rings. The van der Waals surface area contributed by atoms with Crippen LogP contribution in [0.2, 0.25) is 5.02 Å². The molecule has 0 saturated heterocycles. The van der Waals surface area contributed by atoms with E-state index in [1.807, 2.05) is 13.0 Å². The van der Waals surface area contributed by atoms with Crippen molar-refractivity contribution in [3.05, 3.63) is 58.4 Å². The van der Waals surface area contributed by atoms with E-state index in [2.05, 4.69) is 4.98 Å². The van der Waals surface area contributed by atoms with Gasteiger partial charge in [-0.2, -0.15) is 0 Å². The van der Waals surface area contributed by atoms with Gasteiger partial charge in [-0.15, -0.1) is 0 Å². The Hall–Kier alpha value is -2.53. The molecule has 0 radical (unpaired) electrons. The number of fused-ring (bicyclic) bond motifs is 1. The first-order valence-corrected chi connectivity index (χ1v) is 7.85. The van der Waals surface area contributed by atoms with Gasteiger partial charge in [-0.1, -0.05) is 11.6 Å². The lowest BCUT2D eigenvalue weighted by atomic mass is 10.1. The monoisotopic (exact) mass is 345 g/mol. The fourth-order valence-corrected chi connectivity index (χ4v) is 2.55. The molecule has 0 amide bonds. The van der Waals surface area contributed by atoms with E-state index in [-0.39, 0.29) is 6.61 Å². The van der Waals surface area contributed by atoms with Crippen molar-refractivity contribution in [2.75, 3.05) is 13.2 Å². The van der Waals surface area contributed by atoms with Crippen molar-refractivity contribution < 1.29 is 19.0 Å². The minimum Gasteiger partial charge on any atom is -0.486 e. The Morgan fingerprint density at radius 2 is 2.21 bits per heavy atom. The van der Waals surface area contributed by atoms with Gasteiger partial charge < -0.3 is 14.2 Å². The zero-order valence-electron chi connectivity index (χ0n) is 13.1. The molecule has 124 valence electrons. The molecule has 0 unspecified atom stereocenters. The molecule has 1 aromatic heterocycles. The quantitative estimate of drug-likeness (QED) is 0.626. The average Bonchev–Trinajstić information content (AvgIpc) is 2.59. The lowest BCUT2D eigenvalue weighted by Crippen LogP contribution is -2.16. The first-order chi connectivity index (χ1) is 11.6. The normalized spacial score (nSPS) is 13.1. The van der Waals surface area contributed by atoms with Crippen LogP contribution in [0.1, 0.15) is 16.7 Å². The Balaban J connectivity index is 1.62. The van der Waals surface area contributed by atoms with Crippen LogP contribution in [0.15, 0.2) is 36.7 Å². The lowest BCUT2D eigenvalue weighted by Gasteiger charge is -2.20. The molecule has 1 aliphatic rings. The van der Waals surface area contributed by atoms with Crippen molar-refractivity contribution in [2.45, 2.75) is 13.5 Å². The number of hydrogen-bond donors (Lipinski definition) is 0. The minimum atomic E-state index is -0.440.